The predicted octanol–water partition coefficient (Wildman–Crippen LogP) is 3.87. The van der Waals surface area contributed by atoms with Crippen molar-refractivity contribution in [3.63, 3.8) is 0 Å². The Hall–Kier alpha value is -2.53. The maximum Gasteiger partial charge on any atom is 0.276 e. The van der Waals surface area contributed by atoms with Gasteiger partial charge in [0, 0.05) is 5.02 Å². The first kappa shape index (κ1) is 20.8. The topological polar surface area (TPSA) is 67.4 Å². The number of carbonyl (C=O) groups excluding carboxylic acids is 2. The molecule has 2 amide bonds. The molecule has 2 N–H and O–H groups in total. The van der Waals surface area contributed by atoms with Gasteiger partial charge < -0.3 is 4.74 Å². The van der Waals surface area contributed by atoms with E-state index in [1.807, 2.05) is 24.3 Å². The van der Waals surface area contributed by atoms with Crippen LogP contribution >= 0.6 is 11.6 Å². The standard InChI is InChI=1S/C21H25ClN2O3/c1-14(2)12-16-4-6-17(7-5-16)15(3)21(26)24-23-20(25)13-27-19-10-8-18(22)9-11-19/h4-11,14-15H,12-13H2,1-3H3,(H,23,25)(H,24,26). The van der Waals surface area contributed by atoms with Gasteiger partial charge in [0.15, 0.2) is 6.61 Å². The number of halogens is 1. The van der Waals surface area contributed by atoms with Crippen LogP contribution in [0.1, 0.15) is 37.8 Å². The minimum absolute atomic E-state index is 0.208. The highest BCUT2D eigenvalue weighted by molar-refractivity contribution is 6.30. The van der Waals surface area contributed by atoms with E-state index in [1.54, 1.807) is 31.2 Å². The zero-order chi connectivity index (χ0) is 19.8. The molecule has 2 rings (SSSR count). The maximum absolute atomic E-state index is 12.2. The van der Waals surface area contributed by atoms with Crippen molar-refractivity contribution >= 4 is 23.4 Å². The van der Waals surface area contributed by atoms with Crippen molar-refractivity contribution in [2.24, 2.45) is 5.92 Å². The van der Waals surface area contributed by atoms with Crippen LogP contribution in [0.15, 0.2) is 48.5 Å². The summed E-state index contributed by atoms with van der Waals surface area (Å²) in [6.45, 7) is 5.93. The predicted molar refractivity (Wildman–Crippen MR) is 107 cm³/mol. The van der Waals surface area contributed by atoms with Crippen LogP contribution < -0.4 is 15.6 Å². The van der Waals surface area contributed by atoms with Gasteiger partial charge in [0.05, 0.1) is 5.92 Å². The summed E-state index contributed by atoms with van der Waals surface area (Å²) < 4.78 is 5.32. The molecule has 0 aliphatic heterocycles. The number of nitrogens with one attached hydrogen (secondary N) is 2. The van der Waals surface area contributed by atoms with Crippen LogP contribution in [-0.4, -0.2) is 18.4 Å². The van der Waals surface area contributed by atoms with Crippen molar-refractivity contribution in [1.29, 1.82) is 0 Å². The lowest BCUT2D eigenvalue weighted by atomic mass is 9.96. The highest BCUT2D eigenvalue weighted by atomic mass is 35.5. The van der Waals surface area contributed by atoms with Gasteiger partial charge in [-0.05, 0) is 54.7 Å². The number of hydrogen-bond donors (Lipinski definition) is 2. The first-order valence-electron chi connectivity index (χ1n) is 8.91. The van der Waals surface area contributed by atoms with Crippen LogP contribution in [0.25, 0.3) is 0 Å². The quantitative estimate of drug-likeness (QED) is 0.707. The minimum atomic E-state index is -0.446. The Bertz CT molecular complexity index is 758. The van der Waals surface area contributed by atoms with Crippen LogP contribution in [0, 0.1) is 5.92 Å². The van der Waals surface area contributed by atoms with Crippen molar-refractivity contribution in [1.82, 2.24) is 10.9 Å². The van der Waals surface area contributed by atoms with E-state index in [2.05, 4.69) is 24.7 Å². The number of hydrogen-bond acceptors (Lipinski definition) is 3. The summed E-state index contributed by atoms with van der Waals surface area (Å²) in [5.41, 5.74) is 6.94. The van der Waals surface area contributed by atoms with Crippen molar-refractivity contribution in [2.45, 2.75) is 33.1 Å². The zero-order valence-electron chi connectivity index (χ0n) is 15.8. The van der Waals surface area contributed by atoms with E-state index in [0.29, 0.717) is 16.7 Å². The van der Waals surface area contributed by atoms with Crippen LogP contribution in [0.2, 0.25) is 5.02 Å². The van der Waals surface area contributed by atoms with E-state index in [-0.39, 0.29) is 18.4 Å². The molecule has 0 radical (unpaired) electrons. The molecule has 1 atom stereocenters. The summed E-state index contributed by atoms with van der Waals surface area (Å²) in [5, 5.41) is 0.588. The first-order chi connectivity index (χ1) is 12.8. The second-order valence-corrected chi connectivity index (χ2v) is 7.28. The van der Waals surface area contributed by atoms with Crippen molar-refractivity contribution in [3.05, 3.63) is 64.7 Å². The summed E-state index contributed by atoms with van der Waals surface area (Å²) >= 11 is 5.79. The van der Waals surface area contributed by atoms with Gasteiger partial charge in [0.1, 0.15) is 5.75 Å². The zero-order valence-corrected chi connectivity index (χ0v) is 16.5. The van der Waals surface area contributed by atoms with Gasteiger partial charge in [0.2, 0.25) is 5.91 Å². The summed E-state index contributed by atoms with van der Waals surface area (Å²) in [6.07, 6.45) is 1.00. The average molecular weight is 389 g/mol. The van der Waals surface area contributed by atoms with Gasteiger partial charge in [-0.1, -0.05) is 49.7 Å². The Morgan fingerprint density at radius 3 is 2.19 bits per heavy atom. The molecule has 0 saturated carbocycles. The fourth-order valence-electron chi connectivity index (χ4n) is 2.52. The second-order valence-electron chi connectivity index (χ2n) is 6.84. The highest BCUT2D eigenvalue weighted by Gasteiger charge is 2.16. The number of benzene rings is 2. The third-order valence-electron chi connectivity index (χ3n) is 4.03. The molecule has 0 aliphatic rings. The van der Waals surface area contributed by atoms with Crippen molar-refractivity contribution < 1.29 is 14.3 Å². The third kappa shape index (κ3) is 6.94. The number of hydrazine groups is 1. The molecule has 6 heteroatoms. The molecule has 144 valence electrons. The second kappa shape index (κ2) is 9.97. The number of amides is 2. The van der Waals surface area contributed by atoms with E-state index in [0.717, 1.165) is 12.0 Å². The Morgan fingerprint density at radius 1 is 0.963 bits per heavy atom. The molecule has 0 spiro atoms. The summed E-state index contributed by atoms with van der Waals surface area (Å²) in [4.78, 5) is 24.1. The van der Waals surface area contributed by atoms with E-state index in [1.165, 1.54) is 5.56 Å². The Morgan fingerprint density at radius 2 is 1.59 bits per heavy atom. The van der Waals surface area contributed by atoms with E-state index >= 15 is 0 Å². The molecule has 0 aliphatic carbocycles. The summed E-state index contributed by atoms with van der Waals surface area (Å²) in [7, 11) is 0. The molecule has 2 aromatic carbocycles. The molecule has 27 heavy (non-hydrogen) atoms. The normalized spacial score (nSPS) is 11.7. The van der Waals surface area contributed by atoms with Gasteiger partial charge in [0.25, 0.3) is 5.91 Å². The largest absolute Gasteiger partial charge is 0.484 e. The molecule has 0 saturated heterocycles. The first-order valence-corrected chi connectivity index (χ1v) is 9.29. The average Bonchev–Trinajstić information content (AvgIpc) is 2.65. The number of rotatable bonds is 7. The van der Waals surface area contributed by atoms with Crippen LogP contribution in [-0.2, 0) is 16.0 Å². The van der Waals surface area contributed by atoms with Crippen LogP contribution in [0.4, 0.5) is 0 Å². The lowest BCUT2D eigenvalue weighted by Crippen LogP contribution is -2.45. The van der Waals surface area contributed by atoms with Gasteiger partial charge in [-0.15, -0.1) is 0 Å². The SMILES string of the molecule is CC(C)Cc1ccc(C(C)C(=O)NNC(=O)COc2ccc(Cl)cc2)cc1. The fraction of sp³-hybridized carbons (Fsp3) is 0.333. The van der Waals surface area contributed by atoms with E-state index < -0.39 is 5.91 Å². The van der Waals surface area contributed by atoms with E-state index in [9.17, 15) is 9.59 Å². The molecule has 0 bridgehead atoms. The molecule has 2 aromatic rings. The maximum atomic E-state index is 12.2. The summed E-state index contributed by atoms with van der Waals surface area (Å²) in [5.74, 6) is -0.00238. The van der Waals surface area contributed by atoms with Crippen LogP contribution in [0.5, 0.6) is 5.75 Å². The molecule has 0 heterocycles. The van der Waals surface area contributed by atoms with Gasteiger partial charge >= 0.3 is 0 Å². The third-order valence-corrected chi connectivity index (χ3v) is 4.28. The highest BCUT2D eigenvalue weighted by Crippen LogP contribution is 2.18. The number of ether oxygens (including phenoxy) is 1. The van der Waals surface area contributed by atoms with E-state index in [4.69, 9.17) is 16.3 Å². The lowest BCUT2D eigenvalue weighted by Gasteiger charge is -2.14. The van der Waals surface area contributed by atoms with Crippen molar-refractivity contribution in [2.75, 3.05) is 6.61 Å². The Kier molecular flexibility index (Phi) is 7.67. The molecular formula is C21H25ClN2O3. The van der Waals surface area contributed by atoms with Gasteiger partial charge in [-0.25, -0.2) is 0 Å². The Balaban J connectivity index is 1.78. The lowest BCUT2D eigenvalue weighted by molar-refractivity contribution is -0.130. The Labute approximate surface area is 165 Å². The molecule has 0 aromatic heterocycles. The monoisotopic (exact) mass is 388 g/mol. The fourth-order valence-corrected chi connectivity index (χ4v) is 2.65. The molecule has 0 fully saturated rings. The van der Waals surface area contributed by atoms with Gasteiger partial charge in [-0.3, -0.25) is 20.4 Å². The number of carbonyl (C=O) groups is 2. The summed E-state index contributed by atoms with van der Waals surface area (Å²) in [6, 6.07) is 14.7. The molecular weight excluding hydrogens is 364 g/mol. The smallest absolute Gasteiger partial charge is 0.276 e. The molecule has 5 nitrogen and oxygen atoms in total. The van der Waals surface area contributed by atoms with Crippen LogP contribution in [0.3, 0.4) is 0 Å². The minimum Gasteiger partial charge on any atom is -0.484 e. The van der Waals surface area contributed by atoms with Crippen molar-refractivity contribution in [3.8, 4) is 5.75 Å². The van der Waals surface area contributed by atoms with Gasteiger partial charge in [-0.2, -0.15) is 0 Å². The molecule has 1 unspecified atom stereocenters.